The van der Waals surface area contributed by atoms with E-state index in [1.165, 1.54) is 6.42 Å². The van der Waals surface area contributed by atoms with Crippen molar-refractivity contribution in [2.45, 2.75) is 38.5 Å². The standard InChI is InChI=1S/C12H15N2/c1-10(12(9-14)5-6-12)7-11(8-13)3-2-4-11/h10H,1-7H2. The van der Waals surface area contributed by atoms with E-state index in [0.29, 0.717) is 0 Å². The Morgan fingerprint density at radius 3 is 2.07 bits per heavy atom. The van der Waals surface area contributed by atoms with Crippen molar-refractivity contribution in [3.63, 3.8) is 0 Å². The van der Waals surface area contributed by atoms with Gasteiger partial charge in [-0.2, -0.15) is 10.5 Å². The Morgan fingerprint density at radius 2 is 1.79 bits per heavy atom. The van der Waals surface area contributed by atoms with Crippen LogP contribution >= 0.6 is 0 Å². The Kier molecular flexibility index (Phi) is 2.04. The first-order valence-electron chi connectivity index (χ1n) is 5.32. The van der Waals surface area contributed by atoms with Crippen molar-refractivity contribution in [1.29, 1.82) is 10.5 Å². The monoisotopic (exact) mass is 187 g/mol. The molecule has 2 saturated carbocycles. The molecular weight excluding hydrogens is 172 g/mol. The zero-order chi connectivity index (χ0) is 10.2. The maximum absolute atomic E-state index is 9.08. The molecule has 14 heavy (non-hydrogen) atoms. The molecule has 1 unspecified atom stereocenters. The third-order valence-corrected chi connectivity index (χ3v) is 3.98. The van der Waals surface area contributed by atoms with E-state index in [9.17, 15) is 0 Å². The highest BCUT2D eigenvalue weighted by Crippen LogP contribution is 2.56. The highest BCUT2D eigenvalue weighted by atomic mass is 14.6. The highest BCUT2D eigenvalue weighted by Gasteiger charge is 2.51. The molecule has 0 amide bonds. The van der Waals surface area contributed by atoms with E-state index >= 15 is 0 Å². The predicted octanol–water partition coefficient (Wildman–Crippen LogP) is 2.82. The van der Waals surface area contributed by atoms with Gasteiger partial charge in [0, 0.05) is 0 Å². The predicted molar refractivity (Wildman–Crippen MR) is 52.6 cm³/mol. The zero-order valence-corrected chi connectivity index (χ0v) is 8.42. The van der Waals surface area contributed by atoms with E-state index < -0.39 is 0 Å². The molecule has 2 fully saturated rings. The lowest BCUT2D eigenvalue weighted by Gasteiger charge is -2.38. The van der Waals surface area contributed by atoms with Crippen LogP contribution in [0, 0.1) is 46.3 Å². The lowest BCUT2D eigenvalue weighted by atomic mass is 9.63. The van der Waals surface area contributed by atoms with Crippen LogP contribution in [0.3, 0.4) is 0 Å². The molecule has 0 spiro atoms. The average Bonchev–Trinajstić information content (AvgIpc) is 2.91. The van der Waals surface area contributed by atoms with Gasteiger partial charge < -0.3 is 0 Å². The second kappa shape index (κ2) is 2.99. The van der Waals surface area contributed by atoms with Gasteiger partial charge >= 0.3 is 0 Å². The summed E-state index contributed by atoms with van der Waals surface area (Å²) in [6, 6.07) is 4.80. The fraction of sp³-hybridized carbons (Fsp3) is 0.750. The Bertz CT molecular complexity index is 310. The van der Waals surface area contributed by atoms with Gasteiger partial charge in [0.1, 0.15) is 0 Å². The van der Waals surface area contributed by atoms with Crippen LogP contribution in [0.25, 0.3) is 0 Å². The number of rotatable bonds is 3. The van der Waals surface area contributed by atoms with E-state index in [1.54, 1.807) is 0 Å². The van der Waals surface area contributed by atoms with Crippen molar-refractivity contribution in [3.8, 4) is 12.1 Å². The Balaban J connectivity index is 1.99. The van der Waals surface area contributed by atoms with Crippen LogP contribution in [-0.4, -0.2) is 0 Å². The summed E-state index contributed by atoms with van der Waals surface area (Å²) in [5.41, 5.74) is -0.293. The summed E-state index contributed by atoms with van der Waals surface area (Å²) in [5, 5.41) is 18.1. The molecule has 0 aromatic rings. The SMILES string of the molecule is [CH2]C(CC1(C#N)CCC1)C1(C#N)CC1. The molecule has 0 bridgehead atoms. The van der Waals surface area contributed by atoms with Crippen LogP contribution in [0.1, 0.15) is 38.5 Å². The maximum Gasteiger partial charge on any atom is 0.0692 e. The van der Waals surface area contributed by atoms with Crippen LogP contribution < -0.4 is 0 Å². The molecule has 2 aliphatic carbocycles. The molecule has 2 heteroatoms. The molecular formula is C12H15N2. The molecule has 0 aliphatic heterocycles. The first-order chi connectivity index (χ1) is 6.66. The van der Waals surface area contributed by atoms with Gasteiger partial charge in [-0.25, -0.2) is 0 Å². The third-order valence-electron chi connectivity index (χ3n) is 3.98. The lowest BCUT2D eigenvalue weighted by Crippen LogP contribution is -2.31. The molecule has 0 aromatic carbocycles. The first-order valence-corrected chi connectivity index (χ1v) is 5.32. The third kappa shape index (κ3) is 1.30. The fourth-order valence-corrected chi connectivity index (χ4v) is 2.38. The van der Waals surface area contributed by atoms with Gasteiger partial charge in [0.25, 0.3) is 0 Å². The smallest absolute Gasteiger partial charge is 0.0692 e. The number of nitriles is 2. The normalized spacial score (nSPS) is 27.9. The summed E-state index contributed by atoms with van der Waals surface area (Å²) < 4.78 is 0. The van der Waals surface area contributed by atoms with E-state index in [2.05, 4.69) is 19.1 Å². The van der Waals surface area contributed by atoms with E-state index in [0.717, 1.165) is 32.1 Å². The van der Waals surface area contributed by atoms with Crippen LogP contribution in [0.4, 0.5) is 0 Å². The molecule has 0 heterocycles. The molecule has 73 valence electrons. The molecule has 0 N–H and O–H groups in total. The summed E-state index contributed by atoms with van der Waals surface area (Å²) in [6.07, 6.45) is 5.99. The van der Waals surface area contributed by atoms with Crippen LogP contribution in [0.5, 0.6) is 0 Å². The Hall–Kier alpha value is -1.02. The highest BCUT2D eigenvalue weighted by molar-refractivity contribution is 5.17. The molecule has 1 radical (unpaired) electrons. The minimum Gasteiger partial charge on any atom is -0.198 e. The Labute approximate surface area is 85.5 Å². The van der Waals surface area contributed by atoms with Crippen LogP contribution in [0.2, 0.25) is 0 Å². The van der Waals surface area contributed by atoms with Gasteiger partial charge in [-0.15, -0.1) is 0 Å². The van der Waals surface area contributed by atoms with E-state index in [4.69, 9.17) is 10.5 Å². The van der Waals surface area contributed by atoms with Gasteiger partial charge in [0.2, 0.25) is 0 Å². The number of nitrogens with zero attached hydrogens (tertiary/aromatic N) is 2. The summed E-state index contributed by atoms with van der Waals surface area (Å²) in [5.74, 6) is 0.160. The average molecular weight is 187 g/mol. The molecule has 0 aromatic heterocycles. The van der Waals surface area contributed by atoms with Crippen molar-refractivity contribution >= 4 is 0 Å². The van der Waals surface area contributed by atoms with E-state index in [-0.39, 0.29) is 16.7 Å². The second-order valence-electron chi connectivity index (χ2n) is 4.91. The van der Waals surface area contributed by atoms with E-state index in [1.807, 2.05) is 0 Å². The van der Waals surface area contributed by atoms with Crippen molar-refractivity contribution in [2.75, 3.05) is 0 Å². The minimum absolute atomic E-state index is 0.126. The largest absolute Gasteiger partial charge is 0.198 e. The van der Waals surface area contributed by atoms with Crippen LogP contribution in [0.15, 0.2) is 0 Å². The maximum atomic E-state index is 9.08. The summed E-state index contributed by atoms with van der Waals surface area (Å²) >= 11 is 0. The van der Waals surface area contributed by atoms with Crippen molar-refractivity contribution in [2.24, 2.45) is 16.7 Å². The van der Waals surface area contributed by atoms with Gasteiger partial charge in [-0.1, -0.05) is 6.42 Å². The summed E-state index contributed by atoms with van der Waals surface area (Å²) in [4.78, 5) is 0. The van der Waals surface area contributed by atoms with Crippen LogP contribution in [-0.2, 0) is 0 Å². The van der Waals surface area contributed by atoms with Gasteiger partial charge in [-0.05, 0) is 44.9 Å². The molecule has 2 aliphatic rings. The van der Waals surface area contributed by atoms with Crippen molar-refractivity contribution in [1.82, 2.24) is 0 Å². The number of hydrogen-bond donors (Lipinski definition) is 0. The molecule has 0 saturated heterocycles. The summed E-state index contributed by atoms with van der Waals surface area (Å²) in [7, 11) is 0. The van der Waals surface area contributed by atoms with Crippen molar-refractivity contribution in [3.05, 3.63) is 6.92 Å². The molecule has 2 nitrogen and oxygen atoms in total. The topological polar surface area (TPSA) is 47.6 Å². The molecule has 2 rings (SSSR count). The minimum atomic E-state index is -0.167. The number of hydrogen-bond acceptors (Lipinski definition) is 2. The second-order valence-corrected chi connectivity index (χ2v) is 4.91. The fourth-order valence-electron chi connectivity index (χ4n) is 2.38. The van der Waals surface area contributed by atoms with Gasteiger partial charge in [0.15, 0.2) is 0 Å². The quantitative estimate of drug-likeness (QED) is 0.682. The zero-order valence-electron chi connectivity index (χ0n) is 8.42. The van der Waals surface area contributed by atoms with Gasteiger partial charge in [0.05, 0.1) is 23.0 Å². The van der Waals surface area contributed by atoms with Gasteiger partial charge in [-0.3, -0.25) is 0 Å². The first kappa shape index (κ1) is 9.53. The Morgan fingerprint density at radius 1 is 1.14 bits per heavy atom. The summed E-state index contributed by atoms with van der Waals surface area (Å²) in [6.45, 7) is 4.08. The molecule has 1 atom stereocenters. The lowest BCUT2D eigenvalue weighted by molar-refractivity contribution is 0.159. The van der Waals surface area contributed by atoms with Crippen molar-refractivity contribution < 1.29 is 0 Å².